The van der Waals surface area contributed by atoms with Crippen molar-refractivity contribution in [2.45, 2.75) is 45.3 Å². The maximum absolute atomic E-state index is 11.7. The third-order valence-electron chi connectivity index (χ3n) is 3.40. The average Bonchev–Trinajstić information content (AvgIpc) is 3.07. The summed E-state index contributed by atoms with van der Waals surface area (Å²) in [5, 5.41) is 0. The molecule has 1 rings (SSSR count). The molecule has 94 valence electrons. The van der Waals surface area contributed by atoms with Gasteiger partial charge in [0.25, 0.3) is 0 Å². The zero-order valence-electron chi connectivity index (χ0n) is 10.7. The topological polar surface area (TPSA) is 61.5 Å². The van der Waals surface area contributed by atoms with Crippen LogP contribution in [0.1, 0.15) is 33.6 Å². The lowest BCUT2D eigenvalue weighted by molar-refractivity contribution is -0.152. The second-order valence-electron chi connectivity index (χ2n) is 5.07. The Kier molecular flexibility index (Phi) is 4.33. The molecule has 1 aliphatic carbocycles. The third-order valence-corrected chi connectivity index (χ3v) is 3.40. The van der Waals surface area contributed by atoms with E-state index >= 15 is 0 Å². The van der Waals surface area contributed by atoms with Gasteiger partial charge in [0.05, 0.1) is 19.8 Å². The molecule has 0 aliphatic heterocycles. The standard InChI is InChI=1S/C12H23NO3/c1-8(2)9(3)16-7-12(13,10-5-6-10)11(14)15-4/h8-10H,5-7,13H2,1-4H3. The first-order valence-corrected chi connectivity index (χ1v) is 5.90. The lowest BCUT2D eigenvalue weighted by atomic mass is 9.95. The van der Waals surface area contributed by atoms with E-state index in [-0.39, 0.29) is 24.6 Å². The number of carbonyl (C=O) groups excluding carboxylic acids is 1. The number of methoxy groups -OCH3 is 1. The lowest BCUT2D eigenvalue weighted by Gasteiger charge is -2.28. The van der Waals surface area contributed by atoms with Crippen LogP contribution in [0.25, 0.3) is 0 Å². The van der Waals surface area contributed by atoms with E-state index in [1.807, 2.05) is 6.92 Å². The Bertz CT molecular complexity index is 251. The SMILES string of the molecule is COC(=O)C(N)(COC(C)C(C)C)C1CC1. The van der Waals surface area contributed by atoms with Crippen LogP contribution in [0, 0.1) is 11.8 Å². The zero-order valence-corrected chi connectivity index (χ0v) is 10.7. The molecule has 2 atom stereocenters. The molecule has 0 heterocycles. The van der Waals surface area contributed by atoms with Crippen LogP contribution in [-0.2, 0) is 14.3 Å². The van der Waals surface area contributed by atoms with Gasteiger partial charge in [-0.15, -0.1) is 0 Å². The fourth-order valence-corrected chi connectivity index (χ4v) is 1.59. The summed E-state index contributed by atoms with van der Waals surface area (Å²) in [6, 6.07) is 0. The predicted molar refractivity (Wildman–Crippen MR) is 61.9 cm³/mol. The summed E-state index contributed by atoms with van der Waals surface area (Å²) in [4.78, 5) is 11.7. The minimum absolute atomic E-state index is 0.103. The minimum Gasteiger partial charge on any atom is -0.468 e. The van der Waals surface area contributed by atoms with Gasteiger partial charge in [0.2, 0.25) is 0 Å². The summed E-state index contributed by atoms with van der Waals surface area (Å²) in [5.74, 6) is 0.284. The van der Waals surface area contributed by atoms with Gasteiger partial charge in [-0.2, -0.15) is 0 Å². The van der Waals surface area contributed by atoms with Crippen molar-refractivity contribution in [3.63, 3.8) is 0 Å². The minimum atomic E-state index is -0.947. The molecule has 0 bridgehead atoms. The van der Waals surface area contributed by atoms with Crippen molar-refractivity contribution < 1.29 is 14.3 Å². The smallest absolute Gasteiger partial charge is 0.328 e. The highest BCUT2D eigenvalue weighted by atomic mass is 16.5. The van der Waals surface area contributed by atoms with Crippen LogP contribution in [0.15, 0.2) is 0 Å². The Hall–Kier alpha value is -0.610. The van der Waals surface area contributed by atoms with Gasteiger partial charge >= 0.3 is 5.97 Å². The number of hydrogen-bond acceptors (Lipinski definition) is 4. The summed E-state index contributed by atoms with van der Waals surface area (Å²) in [5.41, 5.74) is 5.16. The van der Waals surface area contributed by atoms with Crippen molar-refractivity contribution >= 4 is 5.97 Å². The molecule has 0 saturated heterocycles. The molecule has 0 aromatic carbocycles. The number of ether oxygens (including phenoxy) is 2. The summed E-state index contributed by atoms with van der Waals surface area (Å²) in [7, 11) is 1.37. The second-order valence-corrected chi connectivity index (χ2v) is 5.07. The molecule has 0 aromatic heterocycles. The van der Waals surface area contributed by atoms with E-state index in [0.717, 1.165) is 12.8 Å². The highest BCUT2D eigenvalue weighted by Gasteiger charge is 2.49. The van der Waals surface area contributed by atoms with Crippen LogP contribution in [-0.4, -0.2) is 31.3 Å². The average molecular weight is 229 g/mol. The Labute approximate surface area is 97.5 Å². The Morgan fingerprint density at radius 2 is 2.00 bits per heavy atom. The molecule has 0 spiro atoms. The van der Waals surface area contributed by atoms with Crippen LogP contribution < -0.4 is 5.73 Å². The van der Waals surface area contributed by atoms with Crippen molar-refractivity contribution in [1.29, 1.82) is 0 Å². The van der Waals surface area contributed by atoms with Gasteiger partial charge in [-0.3, -0.25) is 0 Å². The maximum atomic E-state index is 11.7. The molecule has 0 aromatic rings. The van der Waals surface area contributed by atoms with E-state index < -0.39 is 5.54 Å². The van der Waals surface area contributed by atoms with Crippen molar-refractivity contribution in [2.75, 3.05) is 13.7 Å². The maximum Gasteiger partial charge on any atom is 0.328 e. The van der Waals surface area contributed by atoms with E-state index in [1.54, 1.807) is 0 Å². The number of carbonyl (C=O) groups is 1. The van der Waals surface area contributed by atoms with Gasteiger partial charge in [0.15, 0.2) is 0 Å². The number of nitrogens with two attached hydrogens (primary N) is 1. The molecule has 16 heavy (non-hydrogen) atoms. The van der Waals surface area contributed by atoms with Gasteiger partial charge in [0, 0.05) is 0 Å². The van der Waals surface area contributed by atoms with Gasteiger partial charge in [0.1, 0.15) is 5.54 Å². The molecular formula is C12H23NO3. The normalized spacial score (nSPS) is 21.6. The van der Waals surface area contributed by atoms with Gasteiger partial charge in [-0.05, 0) is 31.6 Å². The van der Waals surface area contributed by atoms with Crippen molar-refractivity contribution in [1.82, 2.24) is 0 Å². The van der Waals surface area contributed by atoms with Crippen molar-refractivity contribution in [3.05, 3.63) is 0 Å². The molecule has 2 N–H and O–H groups in total. The van der Waals surface area contributed by atoms with Crippen LogP contribution in [0.2, 0.25) is 0 Å². The number of esters is 1. The Balaban J connectivity index is 2.55. The van der Waals surface area contributed by atoms with Gasteiger partial charge < -0.3 is 15.2 Å². The third kappa shape index (κ3) is 2.95. The van der Waals surface area contributed by atoms with Crippen LogP contribution >= 0.6 is 0 Å². The summed E-state index contributed by atoms with van der Waals surface area (Å²) in [6.07, 6.45) is 2.09. The second kappa shape index (κ2) is 5.15. The molecule has 1 fully saturated rings. The molecule has 1 aliphatic rings. The molecule has 4 heteroatoms. The first-order chi connectivity index (χ1) is 7.41. The fraction of sp³-hybridized carbons (Fsp3) is 0.917. The zero-order chi connectivity index (χ0) is 12.3. The molecular weight excluding hydrogens is 206 g/mol. The molecule has 0 radical (unpaired) electrons. The number of rotatable bonds is 6. The van der Waals surface area contributed by atoms with E-state index in [0.29, 0.717) is 5.92 Å². The highest BCUT2D eigenvalue weighted by Crippen LogP contribution is 2.39. The van der Waals surface area contributed by atoms with Crippen molar-refractivity contribution in [2.24, 2.45) is 17.6 Å². The largest absolute Gasteiger partial charge is 0.468 e. The molecule has 2 unspecified atom stereocenters. The van der Waals surface area contributed by atoms with E-state index in [9.17, 15) is 4.79 Å². The van der Waals surface area contributed by atoms with E-state index in [4.69, 9.17) is 15.2 Å². The summed E-state index contributed by atoms with van der Waals surface area (Å²) in [6.45, 7) is 6.41. The lowest BCUT2D eigenvalue weighted by Crippen LogP contribution is -2.55. The van der Waals surface area contributed by atoms with E-state index in [1.165, 1.54) is 7.11 Å². The molecule has 4 nitrogen and oxygen atoms in total. The first kappa shape index (κ1) is 13.5. The van der Waals surface area contributed by atoms with E-state index in [2.05, 4.69) is 13.8 Å². The fourth-order valence-electron chi connectivity index (χ4n) is 1.59. The van der Waals surface area contributed by atoms with Crippen LogP contribution in [0.4, 0.5) is 0 Å². The predicted octanol–water partition coefficient (Wildman–Crippen LogP) is 1.33. The highest BCUT2D eigenvalue weighted by molar-refractivity contribution is 5.81. The van der Waals surface area contributed by atoms with Gasteiger partial charge in [-0.1, -0.05) is 13.8 Å². The number of hydrogen-bond donors (Lipinski definition) is 1. The van der Waals surface area contributed by atoms with Crippen LogP contribution in [0.3, 0.4) is 0 Å². The van der Waals surface area contributed by atoms with Gasteiger partial charge in [-0.25, -0.2) is 4.79 Å². The molecule has 0 amide bonds. The van der Waals surface area contributed by atoms with Crippen molar-refractivity contribution in [3.8, 4) is 0 Å². The summed E-state index contributed by atoms with van der Waals surface area (Å²) < 4.78 is 10.4. The Morgan fingerprint density at radius 1 is 1.44 bits per heavy atom. The van der Waals surface area contributed by atoms with Crippen LogP contribution in [0.5, 0.6) is 0 Å². The first-order valence-electron chi connectivity index (χ1n) is 5.90. The summed E-state index contributed by atoms with van der Waals surface area (Å²) >= 11 is 0. The quantitative estimate of drug-likeness (QED) is 0.698. The molecule has 1 saturated carbocycles. The Morgan fingerprint density at radius 3 is 2.38 bits per heavy atom. The monoisotopic (exact) mass is 229 g/mol.